The Bertz CT molecular complexity index is 1290. The molecule has 0 spiro atoms. The van der Waals surface area contributed by atoms with Crippen molar-refractivity contribution in [1.82, 2.24) is 20.0 Å². The van der Waals surface area contributed by atoms with Crippen molar-refractivity contribution >= 4 is 17.6 Å². The fraction of sp³-hybridized carbons (Fsp3) is 0.269. The Morgan fingerprint density at radius 2 is 2.00 bits per heavy atom. The van der Waals surface area contributed by atoms with Crippen LogP contribution in [0.2, 0.25) is 0 Å². The minimum Gasteiger partial charge on any atom is -0.389 e. The molecule has 0 fully saturated rings. The van der Waals surface area contributed by atoms with Gasteiger partial charge in [-0.15, -0.1) is 0 Å². The fourth-order valence-corrected chi connectivity index (χ4v) is 3.94. The van der Waals surface area contributed by atoms with Gasteiger partial charge in [0, 0.05) is 37.8 Å². The third-order valence-corrected chi connectivity index (χ3v) is 5.88. The molecule has 0 aliphatic carbocycles. The lowest BCUT2D eigenvalue weighted by Crippen LogP contribution is -2.44. The zero-order chi connectivity index (χ0) is 25.8. The molecule has 1 aromatic heterocycles. The number of methoxy groups -OCH3 is 1. The standard InChI is InChI=1S/C26H28FN5O4/c1-16-4-5-18(22-10-11-32(30-22)13-20(33)15-36-3)12-23(16)28-25(34)21-14-31(2)26(35)29-24(21)17-6-8-19(27)9-7-17/h4-12,14,20,24,33H,13,15H2,1-3H3,(H,28,34)(H,29,35)/t20-,24-/m0/s1. The normalized spacial score (nSPS) is 16.4. The molecular formula is C26H28FN5O4. The maximum atomic E-state index is 13.4. The number of aliphatic hydroxyl groups is 1. The number of rotatable bonds is 8. The predicted octanol–water partition coefficient (Wildman–Crippen LogP) is 3.22. The highest BCUT2D eigenvalue weighted by atomic mass is 19.1. The summed E-state index contributed by atoms with van der Waals surface area (Å²) in [7, 11) is 3.08. The molecule has 2 heterocycles. The van der Waals surface area contributed by atoms with Crippen LogP contribution in [0.25, 0.3) is 11.3 Å². The number of carbonyl (C=O) groups is 2. The second-order valence-electron chi connectivity index (χ2n) is 8.65. The van der Waals surface area contributed by atoms with Gasteiger partial charge in [-0.2, -0.15) is 5.10 Å². The summed E-state index contributed by atoms with van der Waals surface area (Å²) in [5.41, 5.74) is 3.80. The van der Waals surface area contributed by atoms with Crippen LogP contribution in [-0.4, -0.2) is 58.6 Å². The van der Waals surface area contributed by atoms with E-state index >= 15 is 0 Å². The first-order valence-corrected chi connectivity index (χ1v) is 11.4. The van der Waals surface area contributed by atoms with Gasteiger partial charge in [0.25, 0.3) is 5.91 Å². The predicted molar refractivity (Wildman–Crippen MR) is 132 cm³/mol. The summed E-state index contributed by atoms with van der Waals surface area (Å²) >= 11 is 0. The van der Waals surface area contributed by atoms with E-state index in [0.717, 1.165) is 11.1 Å². The topological polar surface area (TPSA) is 109 Å². The smallest absolute Gasteiger partial charge is 0.321 e. The Balaban J connectivity index is 1.57. The van der Waals surface area contributed by atoms with Crippen molar-refractivity contribution in [2.45, 2.75) is 25.6 Å². The largest absolute Gasteiger partial charge is 0.389 e. The Morgan fingerprint density at radius 1 is 1.25 bits per heavy atom. The van der Waals surface area contributed by atoms with E-state index in [1.165, 1.54) is 30.3 Å². The molecule has 3 N–H and O–H groups in total. The van der Waals surface area contributed by atoms with Crippen molar-refractivity contribution in [3.8, 4) is 11.3 Å². The van der Waals surface area contributed by atoms with Gasteiger partial charge in [0.05, 0.1) is 36.6 Å². The van der Waals surface area contributed by atoms with Gasteiger partial charge < -0.3 is 25.4 Å². The molecule has 10 heteroatoms. The van der Waals surface area contributed by atoms with Crippen LogP contribution in [0.4, 0.5) is 14.9 Å². The molecule has 188 valence electrons. The van der Waals surface area contributed by atoms with Gasteiger partial charge in [-0.05, 0) is 42.3 Å². The second kappa shape index (κ2) is 10.7. The van der Waals surface area contributed by atoms with E-state index in [0.29, 0.717) is 29.1 Å². The molecule has 3 aromatic rings. The number of amides is 3. The maximum Gasteiger partial charge on any atom is 0.321 e. The van der Waals surface area contributed by atoms with Gasteiger partial charge in [-0.1, -0.05) is 24.3 Å². The first-order valence-electron chi connectivity index (χ1n) is 11.4. The molecule has 2 aromatic carbocycles. The SMILES string of the molecule is COC[C@@H](O)Cn1ccc(-c2ccc(C)c(NC(=O)C3=CN(C)C(=O)N[C@H]3c3ccc(F)cc3)c2)n1. The summed E-state index contributed by atoms with van der Waals surface area (Å²) in [4.78, 5) is 26.9. The van der Waals surface area contributed by atoms with E-state index in [1.54, 1.807) is 30.1 Å². The highest BCUT2D eigenvalue weighted by Crippen LogP contribution is 2.29. The van der Waals surface area contributed by atoms with Crippen LogP contribution in [0.15, 0.2) is 66.5 Å². The molecule has 3 amide bonds. The average Bonchev–Trinajstić information content (AvgIpc) is 3.31. The molecule has 0 unspecified atom stereocenters. The lowest BCUT2D eigenvalue weighted by molar-refractivity contribution is -0.113. The quantitative estimate of drug-likeness (QED) is 0.447. The minimum atomic E-state index is -0.730. The molecule has 2 atom stereocenters. The van der Waals surface area contributed by atoms with Crippen molar-refractivity contribution < 1.29 is 23.8 Å². The number of benzene rings is 2. The van der Waals surface area contributed by atoms with E-state index in [4.69, 9.17) is 4.74 Å². The van der Waals surface area contributed by atoms with Gasteiger partial charge >= 0.3 is 6.03 Å². The molecule has 0 bridgehead atoms. The van der Waals surface area contributed by atoms with Gasteiger partial charge in [0.2, 0.25) is 0 Å². The Labute approximate surface area is 208 Å². The number of hydrogen-bond donors (Lipinski definition) is 3. The van der Waals surface area contributed by atoms with E-state index in [9.17, 15) is 19.1 Å². The molecular weight excluding hydrogens is 465 g/mol. The van der Waals surface area contributed by atoms with Gasteiger partial charge in [-0.3, -0.25) is 9.48 Å². The number of aromatic nitrogens is 2. The third kappa shape index (κ3) is 5.61. The number of anilines is 1. The summed E-state index contributed by atoms with van der Waals surface area (Å²) in [6.07, 6.45) is 2.58. The summed E-state index contributed by atoms with van der Waals surface area (Å²) in [6, 6.07) is 12.0. The van der Waals surface area contributed by atoms with Gasteiger partial charge in [0.1, 0.15) is 5.82 Å². The first kappa shape index (κ1) is 25.1. The van der Waals surface area contributed by atoms with E-state index in [-0.39, 0.29) is 12.6 Å². The van der Waals surface area contributed by atoms with Crippen LogP contribution in [0.1, 0.15) is 17.2 Å². The van der Waals surface area contributed by atoms with Crippen molar-refractivity contribution in [3.63, 3.8) is 0 Å². The number of nitrogens with one attached hydrogen (secondary N) is 2. The van der Waals surface area contributed by atoms with Crippen LogP contribution in [-0.2, 0) is 16.1 Å². The minimum absolute atomic E-state index is 0.209. The van der Waals surface area contributed by atoms with Crippen LogP contribution in [0.5, 0.6) is 0 Å². The molecule has 36 heavy (non-hydrogen) atoms. The molecule has 0 saturated heterocycles. The number of hydrogen-bond acceptors (Lipinski definition) is 5. The molecule has 4 rings (SSSR count). The van der Waals surface area contributed by atoms with Crippen LogP contribution >= 0.6 is 0 Å². The number of aliphatic hydroxyl groups excluding tert-OH is 1. The third-order valence-electron chi connectivity index (χ3n) is 5.88. The zero-order valence-electron chi connectivity index (χ0n) is 20.2. The first-order chi connectivity index (χ1) is 17.2. The van der Waals surface area contributed by atoms with E-state index in [1.807, 2.05) is 31.2 Å². The van der Waals surface area contributed by atoms with Crippen molar-refractivity contribution in [1.29, 1.82) is 0 Å². The van der Waals surface area contributed by atoms with E-state index < -0.39 is 23.9 Å². The number of urea groups is 1. The highest BCUT2D eigenvalue weighted by Gasteiger charge is 2.30. The number of nitrogens with zero attached hydrogens (tertiary/aromatic N) is 3. The number of carbonyl (C=O) groups excluding carboxylic acids is 2. The number of ether oxygens (including phenoxy) is 1. The van der Waals surface area contributed by atoms with Crippen LogP contribution < -0.4 is 10.6 Å². The lowest BCUT2D eigenvalue weighted by atomic mass is 9.97. The summed E-state index contributed by atoms with van der Waals surface area (Å²) in [5, 5.41) is 20.2. The average molecular weight is 494 g/mol. The maximum absolute atomic E-state index is 13.4. The zero-order valence-corrected chi connectivity index (χ0v) is 20.2. The monoisotopic (exact) mass is 493 g/mol. The number of aryl methyl sites for hydroxylation is 1. The molecule has 1 aliphatic rings. The summed E-state index contributed by atoms with van der Waals surface area (Å²) < 4.78 is 20.0. The Kier molecular flexibility index (Phi) is 7.47. The molecule has 0 radical (unpaired) electrons. The summed E-state index contributed by atoms with van der Waals surface area (Å²) in [5.74, 6) is -0.805. The van der Waals surface area contributed by atoms with E-state index in [2.05, 4.69) is 15.7 Å². The van der Waals surface area contributed by atoms with Crippen molar-refractivity contribution in [2.24, 2.45) is 0 Å². The van der Waals surface area contributed by atoms with Crippen LogP contribution in [0, 0.1) is 12.7 Å². The number of halogens is 1. The molecule has 0 saturated carbocycles. The molecule has 9 nitrogen and oxygen atoms in total. The van der Waals surface area contributed by atoms with Crippen molar-refractivity contribution in [3.05, 3.63) is 83.4 Å². The highest BCUT2D eigenvalue weighted by molar-refractivity contribution is 6.06. The Hall–Kier alpha value is -4.02. The molecule has 1 aliphatic heterocycles. The van der Waals surface area contributed by atoms with Crippen molar-refractivity contribution in [2.75, 3.05) is 26.1 Å². The summed E-state index contributed by atoms with van der Waals surface area (Å²) in [6.45, 7) is 2.38. The van der Waals surface area contributed by atoms with Gasteiger partial charge in [0.15, 0.2) is 0 Å². The Morgan fingerprint density at radius 3 is 2.72 bits per heavy atom. The fourth-order valence-electron chi connectivity index (χ4n) is 3.94. The van der Waals surface area contributed by atoms with Crippen LogP contribution in [0.3, 0.4) is 0 Å². The lowest BCUT2D eigenvalue weighted by Gasteiger charge is -2.30. The second-order valence-corrected chi connectivity index (χ2v) is 8.65. The van der Waals surface area contributed by atoms with Gasteiger partial charge in [-0.25, -0.2) is 9.18 Å².